The second kappa shape index (κ2) is 6.70. The molecule has 0 aromatic heterocycles. The van der Waals surface area contributed by atoms with E-state index in [1.807, 2.05) is 0 Å². The summed E-state index contributed by atoms with van der Waals surface area (Å²) < 4.78 is 0. The zero-order valence-electron chi connectivity index (χ0n) is 10.2. The summed E-state index contributed by atoms with van der Waals surface area (Å²) >= 11 is 0. The predicted octanol–water partition coefficient (Wildman–Crippen LogP) is 2.22. The van der Waals surface area contributed by atoms with Crippen LogP contribution < -0.4 is 5.73 Å². The molecule has 1 fully saturated rings. The maximum absolute atomic E-state index is 5.97. The van der Waals surface area contributed by atoms with Crippen LogP contribution in [-0.4, -0.2) is 30.5 Å². The van der Waals surface area contributed by atoms with E-state index in [-0.39, 0.29) is 0 Å². The Hall–Kier alpha value is -0.730. The molecule has 1 aliphatic heterocycles. The number of hydrogen-bond acceptors (Lipinski definition) is 1. The number of hydrogen-bond donors (Lipinski definition) is 1. The van der Waals surface area contributed by atoms with Gasteiger partial charge < -0.3 is 10.6 Å². The highest BCUT2D eigenvalue weighted by atomic mass is 15.2. The quantitative estimate of drug-likeness (QED) is 0.574. The molecule has 0 bridgehead atoms. The molecule has 1 rings (SSSR count). The minimum Gasteiger partial charge on any atom is -0.370 e. The summed E-state index contributed by atoms with van der Waals surface area (Å²) in [4.78, 5) is 6.63. The Kier molecular flexibility index (Phi) is 5.51. The molecule has 1 atom stereocenters. The third kappa shape index (κ3) is 4.10. The van der Waals surface area contributed by atoms with Crippen molar-refractivity contribution in [2.24, 2.45) is 16.6 Å². The van der Waals surface area contributed by atoms with Crippen LogP contribution in [0.5, 0.6) is 0 Å². The molecule has 0 saturated carbocycles. The Morgan fingerprint density at radius 1 is 1.33 bits per heavy atom. The number of nitrogens with two attached hydrogens (primary N) is 1. The van der Waals surface area contributed by atoms with Crippen LogP contribution in [0.2, 0.25) is 0 Å². The number of nitrogens with zero attached hydrogens (tertiary/aromatic N) is 2. The third-order valence-electron chi connectivity index (χ3n) is 3.25. The Labute approximate surface area is 93.7 Å². The molecular weight excluding hydrogens is 186 g/mol. The van der Waals surface area contributed by atoms with E-state index in [2.05, 4.69) is 23.7 Å². The zero-order valence-corrected chi connectivity index (χ0v) is 10.2. The monoisotopic (exact) mass is 211 g/mol. The van der Waals surface area contributed by atoms with Crippen LogP contribution in [0.15, 0.2) is 4.99 Å². The fraction of sp³-hybridized carbons (Fsp3) is 0.917. The molecule has 2 N–H and O–H groups in total. The van der Waals surface area contributed by atoms with E-state index >= 15 is 0 Å². The molecule has 0 aliphatic carbocycles. The normalized spacial score (nSPS) is 24.0. The van der Waals surface area contributed by atoms with Crippen LogP contribution in [0.4, 0.5) is 0 Å². The molecule has 1 heterocycles. The van der Waals surface area contributed by atoms with Gasteiger partial charge in [-0.25, -0.2) is 0 Å². The highest BCUT2D eigenvalue weighted by molar-refractivity contribution is 5.78. The molecule has 0 aromatic carbocycles. The van der Waals surface area contributed by atoms with Gasteiger partial charge in [-0.3, -0.25) is 4.99 Å². The first-order valence-corrected chi connectivity index (χ1v) is 6.32. The number of rotatable bonds is 3. The van der Waals surface area contributed by atoms with Crippen LogP contribution in [0.1, 0.15) is 46.0 Å². The maximum atomic E-state index is 5.97. The average Bonchev–Trinajstić information content (AvgIpc) is 2.50. The molecule has 3 heteroatoms. The smallest absolute Gasteiger partial charge is 0.191 e. The van der Waals surface area contributed by atoms with Gasteiger partial charge in [0.1, 0.15) is 0 Å². The number of guanidine groups is 1. The van der Waals surface area contributed by atoms with Crippen LogP contribution in [-0.2, 0) is 0 Å². The summed E-state index contributed by atoms with van der Waals surface area (Å²) in [7, 11) is 0. The Bertz CT molecular complexity index is 201. The van der Waals surface area contributed by atoms with E-state index in [9.17, 15) is 0 Å². The summed E-state index contributed by atoms with van der Waals surface area (Å²) in [6, 6.07) is 0. The molecule has 15 heavy (non-hydrogen) atoms. The first-order valence-electron chi connectivity index (χ1n) is 6.32. The Morgan fingerprint density at radius 3 is 2.80 bits per heavy atom. The standard InChI is InChI=1S/C12H25N3/c1-3-8-14-12(13)15-9-5-6-11(4-2)7-10-15/h11H,3-10H2,1-2H3,(H2,13,14). The SMILES string of the molecule is CCCN=C(N)N1CCCC(CC)CC1. The summed E-state index contributed by atoms with van der Waals surface area (Å²) in [5, 5.41) is 0. The molecule has 88 valence electrons. The van der Waals surface area contributed by atoms with Gasteiger partial charge in [-0.2, -0.15) is 0 Å². The van der Waals surface area contributed by atoms with Crippen LogP contribution >= 0.6 is 0 Å². The largest absolute Gasteiger partial charge is 0.370 e. The molecule has 0 radical (unpaired) electrons. The summed E-state index contributed by atoms with van der Waals surface area (Å²) in [5.41, 5.74) is 5.97. The first-order chi connectivity index (χ1) is 7.27. The van der Waals surface area contributed by atoms with Crippen molar-refractivity contribution in [1.82, 2.24) is 4.90 Å². The minimum absolute atomic E-state index is 0.758. The molecule has 0 spiro atoms. The van der Waals surface area contributed by atoms with Gasteiger partial charge in [0.05, 0.1) is 0 Å². The highest BCUT2D eigenvalue weighted by Gasteiger charge is 2.16. The van der Waals surface area contributed by atoms with Crippen LogP contribution in [0.25, 0.3) is 0 Å². The van der Waals surface area contributed by atoms with Crippen molar-refractivity contribution in [3.8, 4) is 0 Å². The number of likely N-dealkylation sites (tertiary alicyclic amines) is 1. The van der Waals surface area contributed by atoms with Crippen molar-refractivity contribution in [2.45, 2.75) is 46.0 Å². The fourth-order valence-corrected chi connectivity index (χ4v) is 2.13. The molecule has 1 aliphatic rings. The lowest BCUT2D eigenvalue weighted by atomic mass is 9.98. The summed E-state index contributed by atoms with van der Waals surface area (Å²) in [6.07, 6.45) is 6.28. The molecular formula is C12H25N3. The van der Waals surface area contributed by atoms with Crippen LogP contribution in [0.3, 0.4) is 0 Å². The lowest BCUT2D eigenvalue weighted by Gasteiger charge is -2.21. The van der Waals surface area contributed by atoms with Gasteiger partial charge in [0, 0.05) is 19.6 Å². The van der Waals surface area contributed by atoms with Gasteiger partial charge >= 0.3 is 0 Å². The van der Waals surface area contributed by atoms with E-state index in [1.54, 1.807) is 0 Å². The lowest BCUT2D eigenvalue weighted by molar-refractivity contribution is 0.407. The molecule has 3 nitrogen and oxygen atoms in total. The van der Waals surface area contributed by atoms with Crippen molar-refractivity contribution in [3.05, 3.63) is 0 Å². The van der Waals surface area contributed by atoms with Gasteiger partial charge in [-0.1, -0.05) is 20.3 Å². The Balaban J connectivity index is 2.42. The highest BCUT2D eigenvalue weighted by Crippen LogP contribution is 2.19. The average molecular weight is 211 g/mol. The van der Waals surface area contributed by atoms with E-state index in [0.717, 1.165) is 37.9 Å². The lowest BCUT2D eigenvalue weighted by Crippen LogP contribution is -2.38. The molecule has 0 aromatic rings. The van der Waals surface area contributed by atoms with Crippen molar-refractivity contribution >= 4 is 5.96 Å². The van der Waals surface area contributed by atoms with Gasteiger partial charge in [0.2, 0.25) is 0 Å². The van der Waals surface area contributed by atoms with E-state index in [4.69, 9.17) is 5.73 Å². The first kappa shape index (κ1) is 12.3. The third-order valence-corrected chi connectivity index (χ3v) is 3.25. The molecule has 1 saturated heterocycles. The minimum atomic E-state index is 0.758. The van der Waals surface area contributed by atoms with Gasteiger partial charge in [0.15, 0.2) is 5.96 Å². The van der Waals surface area contributed by atoms with E-state index < -0.39 is 0 Å². The second-order valence-electron chi connectivity index (χ2n) is 4.43. The summed E-state index contributed by atoms with van der Waals surface area (Å²) in [6.45, 7) is 7.47. The van der Waals surface area contributed by atoms with Gasteiger partial charge in [0.25, 0.3) is 0 Å². The van der Waals surface area contributed by atoms with E-state index in [1.165, 1.54) is 25.7 Å². The Morgan fingerprint density at radius 2 is 2.13 bits per heavy atom. The topological polar surface area (TPSA) is 41.6 Å². The number of aliphatic imine (C=N–C) groups is 1. The predicted molar refractivity (Wildman–Crippen MR) is 66.0 cm³/mol. The summed E-state index contributed by atoms with van der Waals surface area (Å²) in [5.74, 6) is 1.66. The van der Waals surface area contributed by atoms with Crippen molar-refractivity contribution in [2.75, 3.05) is 19.6 Å². The van der Waals surface area contributed by atoms with Crippen LogP contribution in [0, 0.1) is 5.92 Å². The fourth-order valence-electron chi connectivity index (χ4n) is 2.13. The molecule has 1 unspecified atom stereocenters. The van der Waals surface area contributed by atoms with Crippen molar-refractivity contribution in [1.29, 1.82) is 0 Å². The van der Waals surface area contributed by atoms with Crippen molar-refractivity contribution in [3.63, 3.8) is 0 Å². The van der Waals surface area contributed by atoms with Gasteiger partial charge in [-0.05, 0) is 31.6 Å². The second-order valence-corrected chi connectivity index (χ2v) is 4.43. The van der Waals surface area contributed by atoms with Gasteiger partial charge in [-0.15, -0.1) is 0 Å². The maximum Gasteiger partial charge on any atom is 0.191 e. The molecule has 0 amide bonds. The van der Waals surface area contributed by atoms with Crippen molar-refractivity contribution < 1.29 is 0 Å². The van der Waals surface area contributed by atoms with E-state index in [0.29, 0.717) is 0 Å². The zero-order chi connectivity index (χ0) is 11.1.